The Morgan fingerprint density at radius 3 is 2.25 bits per heavy atom. The molecule has 0 aliphatic heterocycles. The van der Waals surface area contributed by atoms with E-state index in [1.807, 2.05) is 0 Å². The summed E-state index contributed by atoms with van der Waals surface area (Å²) in [5.41, 5.74) is 9.45. The Kier molecular flexibility index (Phi) is 4.43. The van der Waals surface area contributed by atoms with E-state index in [1.54, 1.807) is 7.11 Å². The molecule has 2 nitrogen and oxygen atoms in total. The molecule has 0 heterocycles. The molecule has 2 heteroatoms. The van der Waals surface area contributed by atoms with Gasteiger partial charge in [0.1, 0.15) is 5.75 Å². The van der Waals surface area contributed by atoms with E-state index >= 15 is 0 Å². The van der Waals surface area contributed by atoms with Crippen molar-refractivity contribution in [2.24, 2.45) is 11.1 Å². The monoisotopic (exact) mass is 275 g/mol. The first kappa shape index (κ1) is 15.4. The third-order valence-electron chi connectivity index (χ3n) is 4.83. The van der Waals surface area contributed by atoms with E-state index in [0.29, 0.717) is 5.41 Å². The fraction of sp³-hybridized carbons (Fsp3) is 0.667. The van der Waals surface area contributed by atoms with Gasteiger partial charge in [0, 0.05) is 11.1 Å². The number of hydrogen-bond donors (Lipinski definition) is 1. The molecule has 1 aromatic carbocycles. The van der Waals surface area contributed by atoms with Crippen molar-refractivity contribution < 1.29 is 4.74 Å². The Balaban J connectivity index is 2.24. The van der Waals surface area contributed by atoms with Crippen molar-refractivity contribution >= 4 is 0 Å². The maximum absolute atomic E-state index is 6.73. The smallest absolute Gasteiger partial charge is 0.123 e. The topological polar surface area (TPSA) is 35.2 Å². The van der Waals surface area contributed by atoms with Crippen molar-refractivity contribution in [2.45, 2.75) is 64.8 Å². The van der Waals surface area contributed by atoms with Crippen LogP contribution in [0.5, 0.6) is 5.75 Å². The van der Waals surface area contributed by atoms with Crippen molar-refractivity contribution in [3.63, 3.8) is 0 Å². The first-order valence-corrected chi connectivity index (χ1v) is 7.92. The highest BCUT2D eigenvalue weighted by Crippen LogP contribution is 2.58. The Hall–Kier alpha value is -1.02. The molecule has 1 aliphatic carbocycles. The third-order valence-corrected chi connectivity index (χ3v) is 4.83. The summed E-state index contributed by atoms with van der Waals surface area (Å²) in [4.78, 5) is 0. The lowest BCUT2D eigenvalue weighted by Crippen LogP contribution is -2.55. The van der Waals surface area contributed by atoms with Crippen LogP contribution in [0.25, 0.3) is 0 Å². The molecule has 20 heavy (non-hydrogen) atoms. The van der Waals surface area contributed by atoms with Crippen LogP contribution in [-0.2, 0) is 5.54 Å². The first-order valence-electron chi connectivity index (χ1n) is 7.92. The van der Waals surface area contributed by atoms with Crippen LogP contribution in [0.15, 0.2) is 18.2 Å². The standard InChI is InChI=1S/C18H29NO/c1-5-9-17(10-6-2)12-18(19,13-17)15-11-14(3)7-8-16(15)20-4/h7-8,11H,5-6,9-10,12-13,19H2,1-4H3. The lowest BCUT2D eigenvalue weighted by molar-refractivity contribution is 0.00495. The summed E-state index contributed by atoms with van der Waals surface area (Å²) in [5.74, 6) is 0.944. The largest absolute Gasteiger partial charge is 0.496 e. The fourth-order valence-corrected chi connectivity index (χ4v) is 4.23. The molecule has 0 aromatic heterocycles. The Bertz CT molecular complexity index is 452. The van der Waals surface area contributed by atoms with Crippen molar-refractivity contribution in [1.82, 2.24) is 0 Å². The number of methoxy groups -OCH3 is 1. The summed E-state index contributed by atoms with van der Waals surface area (Å²) in [5, 5.41) is 0. The second kappa shape index (κ2) is 5.77. The number of hydrogen-bond acceptors (Lipinski definition) is 2. The molecule has 1 saturated carbocycles. The average Bonchev–Trinajstić information content (AvgIpc) is 2.37. The van der Waals surface area contributed by atoms with Gasteiger partial charge in [0.05, 0.1) is 7.11 Å². The van der Waals surface area contributed by atoms with Gasteiger partial charge in [0.25, 0.3) is 0 Å². The second-order valence-corrected chi connectivity index (χ2v) is 6.71. The SMILES string of the molecule is CCCC1(CCC)CC(N)(c2cc(C)ccc2OC)C1. The minimum atomic E-state index is -0.193. The maximum Gasteiger partial charge on any atom is 0.123 e. The van der Waals surface area contributed by atoms with Crippen molar-refractivity contribution in [2.75, 3.05) is 7.11 Å². The summed E-state index contributed by atoms with van der Waals surface area (Å²) < 4.78 is 5.53. The van der Waals surface area contributed by atoms with Crippen molar-refractivity contribution in [3.8, 4) is 5.75 Å². The van der Waals surface area contributed by atoms with Gasteiger partial charge in [-0.1, -0.05) is 44.4 Å². The lowest BCUT2D eigenvalue weighted by atomic mass is 9.52. The zero-order valence-electron chi connectivity index (χ0n) is 13.5. The zero-order valence-corrected chi connectivity index (χ0v) is 13.5. The molecular formula is C18H29NO. The minimum Gasteiger partial charge on any atom is -0.496 e. The molecule has 1 aliphatic rings. The molecule has 2 N–H and O–H groups in total. The Labute approximate surface area is 123 Å². The quantitative estimate of drug-likeness (QED) is 0.827. The molecule has 2 rings (SSSR count). The van der Waals surface area contributed by atoms with Crippen LogP contribution in [0.2, 0.25) is 0 Å². The van der Waals surface area contributed by atoms with E-state index in [-0.39, 0.29) is 5.54 Å². The number of aryl methyl sites for hydroxylation is 1. The average molecular weight is 275 g/mol. The van der Waals surface area contributed by atoms with Gasteiger partial charge in [-0.2, -0.15) is 0 Å². The van der Waals surface area contributed by atoms with Gasteiger partial charge in [0.2, 0.25) is 0 Å². The highest BCUT2D eigenvalue weighted by molar-refractivity contribution is 5.44. The lowest BCUT2D eigenvalue weighted by Gasteiger charge is -2.55. The summed E-state index contributed by atoms with van der Waals surface area (Å²) >= 11 is 0. The van der Waals surface area contributed by atoms with Gasteiger partial charge in [-0.3, -0.25) is 0 Å². The van der Waals surface area contributed by atoms with E-state index in [2.05, 4.69) is 39.0 Å². The summed E-state index contributed by atoms with van der Waals surface area (Å²) in [7, 11) is 1.74. The van der Waals surface area contributed by atoms with Crippen molar-refractivity contribution in [3.05, 3.63) is 29.3 Å². The molecule has 0 radical (unpaired) electrons. The predicted molar refractivity (Wildman–Crippen MR) is 85.1 cm³/mol. The highest BCUT2D eigenvalue weighted by atomic mass is 16.5. The number of ether oxygens (including phenoxy) is 1. The van der Waals surface area contributed by atoms with Crippen LogP contribution in [0.4, 0.5) is 0 Å². The maximum atomic E-state index is 6.73. The molecule has 0 atom stereocenters. The van der Waals surface area contributed by atoms with E-state index < -0.39 is 0 Å². The number of nitrogens with two attached hydrogens (primary N) is 1. The van der Waals surface area contributed by atoms with Gasteiger partial charge >= 0.3 is 0 Å². The first-order chi connectivity index (χ1) is 9.48. The predicted octanol–water partition coefficient (Wildman–Crippen LogP) is 4.54. The molecule has 1 fully saturated rings. The van der Waals surface area contributed by atoms with Crippen LogP contribution < -0.4 is 10.5 Å². The fourth-order valence-electron chi connectivity index (χ4n) is 4.23. The Morgan fingerprint density at radius 1 is 1.15 bits per heavy atom. The molecule has 0 spiro atoms. The molecule has 112 valence electrons. The van der Waals surface area contributed by atoms with Crippen LogP contribution in [-0.4, -0.2) is 7.11 Å². The second-order valence-electron chi connectivity index (χ2n) is 6.71. The van der Waals surface area contributed by atoms with Gasteiger partial charge < -0.3 is 10.5 Å². The molecule has 1 aromatic rings. The van der Waals surface area contributed by atoms with E-state index in [1.165, 1.54) is 36.8 Å². The van der Waals surface area contributed by atoms with Crippen LogP contribution in [0.1, 0.15) is 63.5 Å². The van der Waals surface area contributed by atoms with Gasteiger partial charge in [-0.15, -0.1) is 0 Å². The molecule has 0 saturated heterocycles. The molecular weight excluding hydrogens is 246 g/mol. The zero-order chi connectivity index (χ0) is 14.8. The van der Waals surface area contributed by atoms with E-state index in [0.717, 1.165) is 18.6 Å². The summed E-state index contributed by atoms with van der Waals surface area (Å²) in [6.45, 7) is 6.68. The third kappa shape index (κ3) is 2.71. The molecule has 0 bridgehead atoms. The minimum absolute atomic E-state index is 0.193. The summed E-state index contributed by atoms with van der Waals surface area (Å²) in [6, 6.07) is 6.36. The van der Waals surface area contributed by atoms with Gasteiger partial charge in [-0.05, 0) is 44.1 Å². The molecule has 0 unspecified atom stereocenters. The normalized spacial score (nSPS) is 19.4. The highest BCUT2D eigenvalue weighted by Gasteiger charge is 2.52. The van der Waals surface area contributed by atoms with Crippen LogP contribution in [0, 0.1) is 12.3 Å². The Morgan fingerprint density at radius 2 is 1.75 bits per heavy atom. The van der Waals surface area contributed by atoms with Crippen LogP contribution >= 0.6 is 0 Å². The van der Waals surface area contributed by atoms with Gasteiger partial charge in [-0.25, -0.2) is 0 Å². The number of rotatable bonds is 6. The van der Waals surface area contributed by atoms with Gasteiger partial charge in [0.15, 0.2) is 0 Å². The van der Waals surface area contributed by atoms with E-state index in [4.69, 9.17) is 10.5 Å². The number of benzene rings is 1. The summed E-state index contributed by atoms with van der Waals surface area (Å²) in [6.07, 6.45) is 7.30. The molecule has 0 amide bonds. The van der Waals surface area contributed by atoms with Crippen LogP contribution in [0.3, 0.4) is 0 Å². The van der Waals surface area contributed by atoms with Crippen molar-refractivity contribution in [1.29, 1.82) is 0 Å². The van der Waals surface area contributed by atoms with E-state index in [9.17, 15) is 0 Å².